The number of ether oxygens (including phenoxy) is 2. The van der Waals surface area contributed by atoms with Crippen LogP contribution in [0.3, 0.4) is 0 Å². The molecule has 1 atom stereocenters. The molecule has 0 unspecified atom stereocenters. The lowest BCUT2D eigenvalue weighted by atomic mass is 10.1. The van der Waals surface area contributed by atoms with Crippen molar-refractivity contribution in [2.75, 3.05) is 26.3 Å². The average molecular weight is 229 g/mol. The molecule has 6 heteroatoms. The zero-order valence-electron chi connectivity index (χ0n) is 9.39. The lowest BCUT2D eigenvalue weighted by molar-refractivity contribution is -0.149. The van der Waals surface area contributed by atoms with Crippen LogP contribution in [-0.2, 0) is 19.1 Å². The van der Waals surface area contributed by atoms with E-state index in [4.69, 9.17) is 9.47 Å². The lowest BCUT2D eigenvalue weighted by Crippen LogP contribution is -2.30. The van der Waals surface area contributed by atoms with Crippen LogP contribution in [-0.4, -0.2) is 49.0 Å². The standard InChI is InChI=1S/C10H15NO5/c1-3-15-9(13)7-5-11(6-8(7)12)10(14)16-4-2/h7H,3-6H2,1-2H3/t7-/m1/s1. The molecule has 0 aromatic heterocycles. The zero-order chi connectivity index (χ0) is 12.1. The molecule has 0 N–H and O–H groups in total. The van der Waals surface area contributed by atoms with Crippen LogP contribution in [0.15, 0.2) is 0 Å². The van der Waals surface area contributed by atoms with Crippen LogP contribution in [0.2, 0.25) is 0 Å². The first-order chi connectivity index (χ1) is 7.60. The molecular weight excluding hydrogens is 214 g/mol. The molecule has 1 aliphatic heterocycles. The van der Waals surface area contributed by atoms with Gasteiger partial charge in [0.2, 0.25) is 0 Å². The van der Waals surface area contributed by atoms with Crippen molar-refractivity contribution in [2.45, 2.75) is 13.8 Å². The van der Waals surface area contributed by atoms with Gasteiger partial charge in [-0.05, 0) is 13.8 Å². The monoisotopic (exact) mass is 229 g/mol. The number of rotatable bonds is 3. The third-order valence-electron chi connectivity index (χ3n) is 2.24. The molecule has 1 heterocycles. The molecule has 1 aliphatic rings. The second-order valence-electron chi connectivity index (χ2n) is 3.35. The van der Waals surface area contributed by atoms with Crippen molar-refractivity contribution in [1.82, 2.24) is 4.90 Å². The summed E-state index contributed by atoms with van der Waals surface area (Å²) < 4.78 is 9.49. The second-order valence-corrected chi connectivity index (χ2v) is 3.35. The maximum Gasteiger partial charge on any atom is 0.410 e. The van der Waals surface area contributed by atoms with Gasteiger partial charge < -0.3 is 9.47 Å². The van der Waals surface area contributed by atoms with E-state index in [1.807, 2.05) is 0 Å². The number of carbonyl (C=O) groups is 3. The SMILES string of the molecule is CCOC(=O)[C@@H]1CN(C(=O)OCC)CC1=O. The highest BCUT2D eigenvalue weighted by Crippen LogP contribution is 2.15. The summed E-state index contributed by atoms with van der Waals surface area (Å²) >= 11 is 0. The number of ketones is 1. The molecule has 90 valence electrons. The van der Waals surface area contributed by atoms with Gasteiger partial charge in [0, 0.05) is 6.54 Å². The fourth-order valence-electron chi connectivity index (χ4n) is 1.49. The van der Waals surface area contributed by atoms with Crippen LogP contribution in [0.25, 0.3) is 0 Å². The van der Waals surface area contributed by atoms with Gasteiger partial charge in [-0.3, -0.25) is 14.5 Å². The van der Waals surface area contributed by atoms with Crippen LogP contribution < -0.4 is 0 Å². The van der Waals surface area contributed by atoms with E-state index in [1.54, 1.807) is 13.8 Å². The predicted octanol–water partition coefficient (Wildman–Crippen LogP) is 0.207. The summed E-state index contributed by atoms with van der Waals surface area (Å²) in [6.45, 7) is 3.79. The summed E-state index contributed by atoms with van der Waals surface area (Å²) in [6, 6.07) is 0. The van der Waals surface area contributed by atoms with Crippen molar-refractivity contribution in [3.63, 3.8) is 0 Å². The van der Waals surface area contributed by atoms with Gasteiger partial charge >= 0.3 is 12.1 Å². The Morgan fingerprint density at radius 2 is 1.94 bits per heavy atom. The molecule has 0 aromatic carbocycles. The minimum absolute atomic E-state index is 0.0521. The van der Waals surface area contributed by atoms with Crippen molar-refractivity contribution in [2.24, 2.45) is 5.92 Å². The van der Waals surface area contributed by atoms with Crippen molar-refractivity contribution in [1.29, 1.82) is 0 Å². The Labute approximate surface area is 93.5 Å². The van der Waals surface area contributed by atoms with E-state index in [2.05, 4.69) is 0 Å². The van der Waals surface area contributed by atoms with Crippen LogP contribution >= 0.6 is 0 Å². The molecule has 6 nitrogen and oxygen atoms in total. The van der Waals surface area contributed by atoms with Crippen LogP contribution in [0.5, 0.6) is 0 Å². The Morgan fingerprint density at radius 3 is 2.50 bits per heavy atom. The van der Waals surface area contributed by atoms with Crippen molar-refractivity contribution in [3.05, 3.63) is 0 Å². The van der Waals surface area contributed by atoms with E-state index in [1.165, 1.54) is 4.90 Å². The number of likely N-dealkylation sites (tertiary alicyclic amines) is 1. The van der Waals surface area contributed by atoms with Crippen molar-refractivity contribution < 1.29 is 23.9 Å². The molecule has 0 aromatic rings. The maximum absolute atomic E-state index is 11.5. The quantitative estimate of drug-likeness (QED) is 0.511. The third-order valence-corrected chi connectivity index (χ3v) is 2.24. The fourth-order valence-corrected chi connectivity index (χ4v) is 1.49. The molecule has 0 aliphatic carbocycles. The number of hydrogen-bond acceptors (Lipinski definition) is 5. The van der Waals surface area contributed by atoms with Crippen LogP contribution in [0.1, 0.15) is 13.8 Å². The summed E-state index contributed by atoms with van der Waals surface area (Å²) in [5, 5.41) is 0. The number of esters is 1. The molecule has 0 saturated carbocycles. The fraction of sp³-hybridized carbons (Fsp3) is 0.700. The highest BCUT2D eigenvalue weighted by molar-refractivity contribution is 6.03. The Kier molecular flexibility index (Phi) is 4.28. The van der Waals surface area contributed by atoms with Gasteiger partial charge in [-0.15, -0.1) is 0 Å². The summed E-state index contributed by atoms with van der Waals surface area (Å²) in [7, 11) is 0. The maximum atomic E-state index is 11.5. The molecule has 0 spiro atoms. The van der Waals surface area contributed by atoms with E-state index < -0.39 is 18.0 Å². The lowest BCUT2D eigenvalue weighted by Gasteiger charge is -2.13. The molecule has 1 saturated heterocycles. The molecule has 0 bridgehead atoms. The minimum Gasteiger partial charge on any atom is -0.465 e. The number of carbonyl (C=O) groups excluding carboxylic acids is 3. The normalized spacial score (nSPS) is 19.8. The van der Waals surface area contributed by atoms with Gasteiger partial charge in [-0.1, -0.05) is 0 Å². The first kappa shape index (κ1) is 12.5. The second kappa shape index (κ2) is 5.48. The summed E-state index contributed by atoms with van der Waals surface area (Å²) in [5.41, 5.74) is 0. The minimum atomic E-state index is -0.857. The van der Waals surface area contributed by atoms with E-state index in [9.17, 15) is 14.4 Å². The topological polar surface area (TPSA) is 72.9 Å². The van der Waals surface area contributed by atoms with Gasteiger partial charge in [-0.25, -0.2) is 4.79 Å². The summed E-state index contributed by atoms with van der Waals surface area (Å²) in [5.74, 6) is -1.73. The Balaban J connectivity index is 2.56. The highest BCUT2D eigenvalue weighted by atomic mass is 16.6. The molecule has 0 radical (unpaired) electrons. The van der Waals surface area contributed by atoms with Gasteiger partial charge in [0.25, 0.3) is 0 Å². The van der Waals surface area contributed by atoms with Gasteiger partial charge in [0.1, 0.15) is 5.92 Å². The van der Waals surface area contributed by atoms with Gasteiger partial charge in [-0.2, -0.15) is 0 Å². The summed E-state index contributed by atoms with van der Waals surface area (Å²) in [6.07, 6.45) is -0.567. The van der Waals surface area contributed by atoms with Crippen LogP contribution in [0.4, 0.5) is 4.79 Å². The van der Waals surface area contributed by atoms with E-state index in [0.29, 0.717) is 0 Å². The number of Topliss-reactive ketones (excluding diaryl/α,β-unsaturated/α-hetero) is 1. The van der Waals surface area contributed by atoms with Crippen molar-refractivity contribution >= 4 is 17.8 Å². The Hall–Kier alpha value is -1.59. The zero-order valence-corrected chi connectivity index (χ0v) is 9.39. The van der Waals surface area contributed by atoms with Gasteiger partial charge in [0.05, 0.1) is 19.8 Å². The Morgan fingerprint density at radius 1 is 1.31 bits per heavy atom. The first-order valence-electron chi connectivity index (χ1n) is 5.21. The molecule has 1 rings (SSSR count). The third kappa shape index (κ3) is 2.71. The average Bonchev–Trinajstić information content (AvgIpc) is 2.61. The molecular formula is C10H15NO5. The summed E-state index contributed by atoms with van der Waals surface area (Å²) in [4.78, 5) is 35.4. The van der Waals surface area contributed by atoms with Crippen molar-refractivity contribution in [3.8, 4) is 0 Å². The largest absolute Gasteiger partial charge is 0.465 e. The van der Waals surface area contributed by atoms with Gasteiger partial charge in [0.15, 0.2) is 5.78 Å². The smallest absolute Gasteiger partial charge is 0.410 e. The highest BCUT2D eigenvalue weighted by Gasteiger charge is 2.39. The predicted molar refractivity (Wildman–Crippen MR) is 53.7 cm³/mol. The number of nitrogens with zero attached hydrogens (tertiary/aromatic N) is 1. The number of hydrogen-bond donors (Lipinski definition) is 0. The van der Waals surface area contributed by atoms with E-state index in [0.717, 1.165) is 0 Å². The first-order valence-corrected chi connectivity index (χ1v) is 5.21. The Bertz CT molecular complexity index is 302. The van der Waals surface area contributed by atoms with E-state index in [-0.39, 0.29) is 32.1 Å². The number of amides is 1. The van der Waals surface area contributed by atoms with Crippen LogP contribution in [0, 0.1) is 5.92 Å². The molecule has 16 heavy (non-hydrogen) atoms. The molecule has 1 amide bonds. The molecule has 1 fully saturated rings. The van der Waals surface area contributed by atoms with E-state index >= 15 is 0 Å².